The smallest absolute Gasteiger partial charge is 0.326 e. The summed E-state index contributed by atoms with van der Waals surface area (Å²) in [4.78, 5) is 17.2. The number of carbonyl (C=O) groups excluding carboxylic acids is 1. The lowest BCUT2D eigenvalue weighted by Crippen LogP contribution is -2.48. The van der Waals surface area contributed by atoms with Crippen molar-refractivity contribution in [3.05, 3.63) is 64.9 Å². The minimum atomic E-state index is -3.49. The molecular weight excluding hydrogens is 426 g/mol. The summed E-state index contributed by atoms with van der Waals surface area (Å²) in [6.07, 6.45) is 7.25. The van der Waals surface area contributed by atoms with E-state index in [2.05, 4.69) is 30.1 Å². The number of rotatable bonds is 2. The third-order valence-corrected chi connectivity index (χ3v) is 6.78. The van der Waals surface area contributed by atoms with Crippen molar-refractivity contribution in [1.29, 1.82) is 0 Å². The second kappa shape index (κ2) is 9.42. The number of nitrogens with two attached hydrogens (primary N) is 1. The van der Waals surface area contributed by atoms with Crippen LogP contribution in [0.25, 0.3) is 6.08 Å². The summed E-state index contributed by atoms with van der Waals surface area (Å²) in [6, 6.07) is 11.5. The van der Waals surface area contributed by atoms with Gasteiger partial charge in [0.2, 0.25) is 10.0 Å². The molecule has 4 bridgehead atoms. The maximum absolute atomic E-state index is 12.8. The molecule has 0 saturated carbocycles. The number of allylic oxidation sites excluding steroid dienone is 1. The Morgan fingerprint density at radius 1 is 1.19 bits per heavy atom. The molecule has 2 N–H and O–H groups in total. The summed E-state index contributed by atoms with van der Waals surface area (Å²) >= 11 is 0. The van der Waals surface area contributed by atoms with Gasteiger partial charge in [0, 0.05) is 13.5 Å². The van der Waals surface area contributed by atoms with Crippen LogP contribution >= 0.6 is 0 Å². The molecule has 1 aromatic heterocycles. The van der Waals surface area contributed by atoms with E-state index < -0.39 is 21.5 Å². The van der Waals surface area contributed by atoms with Crippen LogP contribution in [0.1, 0.15) is 42.7 Å². The molecular formula is C24H31N3O4S. The molecule has 1 aliphatic heterocycles. The van der Waals surface area contributed by atoms with E-state index in [1.54, 1.807) is 19.1 Å². The highest BCUT2D eigenvalue weighted by Crippen LogP contribution is 2.22. The Hall–Kier alpha value is -2.71. The van der Waals surface area contributed by atoms with Crippen LogP contribution in [-0.2, 0) is 39.0 Å². The lowest BCUT2D eigenvalue weighted by Gasteiger charge is -2.23. The summed E-state index contributed by atoms with van der Waals surface area (Å²) in [5, 5.41) is 0. The Morgan fingerprint density at radius 2 is 1.91 bits per heavy atom. The fraction of sp³-hybridized carbons (Fsp3) is 0.417. The molecule has 1 aromatic carbocycles. The zero-order valence-corrected chi connectivity index (χ0v) is 19.9. The molecule has 0 saturated heterocycles. The van der Waals surface area contributed by atoms with Crippen molar-refractivity contribution < 1.29 is 17.9 Å². The minimum absolute atomic E-state index is 0.0326. The van der Waals surface area contributed by atoms with Gasteiger partial charge in [-0.15, -0.1) is 0 Å². The van der Waals surface area contributed by atoms with Crippen molar-refractivity contribution >= 4 is 27.9 Å². The molecule has 2 unspecified atom stereocenters. The lowest BCUT2D eigenvalue weighted by molar-refractivity contribution is -0.150. The molecule has 0 aliphatic carbocycles. The average Bonchev–Trinajstić information content (AvgIpc) is 2.72. The highest BCUT2D eigenvalue weighted by atomic mass is 32.2. The molecule has 0 fully saturated rings. The quantitative estimate of drug-likeness (QED) is 0.696. The lowest BCUT2D eigenvalue weighted by atomic mass is 9.92. The van der Waals surface area contributed by atoms with Crippen molar-refractivity contribution in [3.8, 4) is 0 Å². The zero-order valence-electron chi connectivity index (χ0n) is 19.0. The molecule has 2 aromatic rings. The van der Waals surface area contributed by atoms with Gasteiger partial charge in [-0.1, -0.05) is 37.3 Å². The number of aromatic nitrogens is 1. The number of hydrogen-bond acceptors (Lipinski definition) is 6. The second-order valence-electron chi connectivity index (χ2n) is 8.85. The first-order valence-electron chi connectivity index (χ1n) is 10.6. The van der Waals surface area contributed by atoms with Crippen LogP contribution in [-0.4, -0.2) is 38.2 Å². The van der Waals surface area contributed by atoms with Crippen LogP contribution in [0.2, 0.25) is 0 Å². The summed E-state index contributed by atoms with van der Waals surface area (Å²) < 4.78 is 30.7. The number of fused-ring (bicyclic) bond motifs is 4. The Labute approximate surface area is 190 Å². The van der Waals surface area contributed by atoms with Gasteiger partial charge in [0.15, 0.2) is 0 Å². The van der Waals surface area contributed by atoms with Gasteiger partial charge in [0.05, 0.1) is 11.9 Å². The molecule has 172 valence electrons. The first-order valence-corrected chi connectivity index (χ1v) is 12.5. The second-order valence-corrected chi connectivity index (χ2v) is 10.9. The van der Waals surface area contributed by atoms with Gasteiger partial charge in [0.25, 0.3) is 0 Å². The number of cyclic esters (lactones) is 1. The minimum Gasteiger partial charge on any atom is -0.459 e. The van der Waals surface area contributed by atoms with Crippen molar-refractivity contribution in [2.45, 2.75) is 45.3 Å². The van der Waals surface area contributed by atoms with Crippen LogP contribution < -0.4 is 10.0 Å². The van der Waals surface area contributed by atoms with Crippen LogP contribution in [0, 0.1) is 5.92 Å². The Kier molecular flexibility index (Phi) is 7.05. The number of benzene rings is 1. The van der Waals surface area contributed by atoms with Crippen LogP contribution in [0.3, 0.4) is 0 Å². The zero-order chi connectivity index (χ0) is 23.5. The average molecular weight is 458 g/mol. The third kappa shape index (κ3) is 6.17. The van der Waals surface area contributed by atoms with E-state index in [1.165, 1.54) is 12.6 Å². The predicted octanol–water partition coefficient (Wildman–Crippen LogP) is 3.08. The molecule has 0 amide bonds. The van der Waals surface area contributed by atoms with E-state index in [0.29, 0.717) is 23.6 Å². The number of nitrogens with zero attached hydrogens (tertiary/aromatic N) is 2. The van der Waals surface area contributed by atoms with E-state index >= 15 is 0 Å². The number of aryl methyl sites for hydroxylation is 1. The van der Waals surface area contributed by atoms with Crippen molar-refractivity contribution in [2.24, 2.45) is 11.7 Å². The number of esters is 1. The number of carbonyl (C=O) groups is 1. The van der Waals surface area contributed by atoms with Crippen molar-refractivity contribution in [3.63, 3.8) is 0 Å². The molecule has 0 radical (unpaired) electrons. The molecule has 7 nitrogen and oxygen atoms in total. The number of pyridine rings is 1. The predicted molar refractivity (Wildman–Crippen MR) is 127 cm³/mol. The third-order valence-electron chi connectivity index (χ3n) is 5.59. The van der Waals surface area contributed by atoms with E-state index in [0.717, 1.165) is 29.0 Å². The standard InChI is InChI=1S/C24H31N3O4S/c1-17-8-10-18-6-5-7-19(12-18)15-24(2,25)23(28)31-16-20-13-21(11-9-17)26-22(14-20)27(3)32(4,29)30/h5-7,9,11-14,17H,8,10,15-16,25H2,1-4H3. The highest BCUT2D eigenvalue weighted by Gasteiger charge is 2.30. The Morgan fingerprint density at radius 3 is 2.62 bits per heavy atom. The Bertz CT molecular complexity index is 1130. The van der Waals surface area contributed by atoms with Crippen LogP contribution in [0.5, 0.6) is 0 Å². The van der Waals surface area contributed by atoms with Gasteiger partial charge >= 0.3 is 5.97 Å². The van der Waals surface area contributed by atoms with Crippen molar-refractivity contribution in [2.75, 3.05) is 17.6 Å². The van der Waals surface area contributed by atoms with Gasteiger partial charge in [0.1, 0.15) is 18.0 Å². The van der Waals surface area contributed by atoms with E-state index in [9.17, 15) is 13.2 Å². The van der Waals surface area contributed by atoms with E-state index in [4.69, 9.17) is 10.5 Å². The number of ether oxygens (including phenoxy) is 1. The van der Waals surface area contributed by atoms with Crippen molar-refractivity contribution in [1.82, 2.24) is 4.98 Å². The first kappa shape index (κ1) is 23.9. The van der Waals surface area contributed by atoms with E-state index in [-0.39, 0.29) is 12.4 Å². The molecule has 2 atom stereocenters. The normalized spacial score (nSPS) is 22.3. The van der Waals surface area contributed by atoms with Gasteiger partial charge in [-0.05, 0) is 60.6 Å². The topological polar surface area (TPSA) is 103 Å². The number of anilines is 1. The summed E-state index contributed by atoms with van der Waals surface area (Å²) in [7, 11) is -2.05. The van der Waals surface area contributed by atoms with Crippen LogP contribution in [0.15, 0.2) is 42.5 Å². The Balaban J connectivity index is 2.00. The fourth-order valence-electron chi connectivity index (χ4n) is 3.55. The number of hydrogen-bond donors (Lipinski definition) is 1. The highest BCUT2D eigenvalue weighted by molar-refractivity contribution is 7.92. The summed E-state index contributed by atoms with van der Waals surface area (Å²) in [5.41, 5.74) is 8.54. The molecule has 2 heterocycles. The molecule has 3 rings (SSSR count). The molecule has 8 heteroatoms. The van der Waals surface area contributed by atoms with Gasteiger partial charge in [-0.3, -0.25) is 9.10 Å². The SMILES string of the molecule is CC1C=Cc2cc(cc(N(C)S(C)(=O)=O)n2)COC(=O)C(C)(N)Cc2cccc(c2)CC1. The molecule has 32 heavy (non-hydrogen) atoms. The van der Waals surface area contributed by atoms with Gasteiger partial charge in [-0.25, -0.2) is 13.4 Å². The fourth-order valence-corrected chi connectivity index (χ4v) is 3.99. The van der Waals surface area contributed by atoms with Gasteiger partial charge < -0.3 is 10.5 Å². The largest absolute Gasteiger partial charge is 0.459 e. The molecule has 0 spiro atoms. The van der Waals surface area contributed by atoms with Crippen LogP contribution in [0.4, 0.5) is 5.82 Å². The van der Waals surface area contributed by atoms with Gasteiger partial charge in [-0.2, -0.15) is 0 Å². The monoisotopic (exact) mass is 457 g/mol. The van der Waals surface area contributed by atoms with E-state index in [1.807, 2.05) is 18.2 Å². The maximum atomic E-state index is 12.8. The summed E-state index contributed by atoms with van der Waals surface area (Å²) in [5.74, 6) is 0.0428. The first-order chi connectivity index (χ1) is 14.9. The number of sulfonamides is 1. The molecule has 1 aliphatic rings. The maximum Gasteiger partial charge on any atom is 0.326 e. The summed E-state index contributed by atoms with van der Waals surface area (Å²) in [6.45, 7) is 3.77.